The average molecular weight is 418 g/mol. The van der Waals surface area contributed by atoms with Crippen molar-refractivity contribution < 1.29 is 14.0 Å². The van der Waals surface area contributed by atoms with Gasteiger partial charge in [0.15, 0.2) is 0 Å². The quantitative estimate of drug-likeness (QED) is 0.701. The number of pyridine rings is 1. The number of benzene rings is 2. The first-order valence-electron chi connectivity index (χ1n) is 10.1. The molecule has 1 saturated heterocycles. The van der Waals surface area contributed by atoms with Gasteiger partial charge in [0.05, 0.1) is 11.9 Å². The molecule has 1 aliphatic heterocycles. The van der Waals surface area contributed by atoms with Crippen LogP contribution >= 0.6 is 0 Å². The van der Waals surface area contributed by atoms with Crippen LogP contribution in [0.3, 0.4) is 0 Å². The summed E-state index contributed by atoms with van der Waals surface area (Å²) < 4.78 is 13.3. The van der Waals surface area contributed by atoms with Gasteiger partial charge in [-0.1, -0.05) is 23.8 Å². The van der Waals surface area contributed by atoms with E-state index in [-0.39, 0.29) is 11.5 Å². The zero-order valence-electron chi connectivity index (χ0n) is 17.2. The van der Waals surface area contributed by atoms with Crippen LogP contribution in [0.2, 0.25) is 0 Å². The largest absolute Gasteiger partial charge is 0.353 e. The Kier molecular flexibility index (Phi) is 5.93. The molecule has 0 bridgehead atoms. The van der Waals surface area contributed by atoms with Crippen molar-refractivity contribution in [1.82, 2.24) is 9.88 Å². The summed E-state index contributed by atoms with van der Waals surface area (Å²) in [5, 5.41) is 2.72. The van der Waals surface area contributed by atoms with Gasteiger partial charge in [0.2, 0.25) is 0 Å². The number of piperazine rings is 1. The smallest absolute Gasteiger partial charge is 0.255 e. The Bertz CT molecular complexity index is 1080. The Morgan fingerprint density at radius 3 is 2.32 bits per heavy atom. The second kappa shape index (κ2) is 8.95. The van der Waals surface area contributed by atoms with Crippen LogP contribution in [0.4, 0.5) is 15.9 Å². The van der Waals surface area contributed by atoms with E-state index in [4.69, 9.17) is 0 Å². The number of aromatic nitrogens is 1. The molecule has 31 heavy (non-hydrogen) atoms. The van der Waals surface area contributed by atoms with Crippen molar-refractivity contribution in [3.63, 3.8) is 0 Å². The molecule has 0 aliphatic carbocycles. The lowest BCUT2D eigenvalue weighted by molar-refractivity contribution is 0.0746. The van der Waals surface area contributed by atoms with Crippen molar-refractivity contribution in [2.24, 2.45) is 0 Å². The maximum absolute atomic E-state index is 13.3. The maximum atomic E-state index is 13.3. The van der Waals surface area contributed by atoms with Gasteiger partial charge in [-0.3, -0.25) is 9.59 Å². The van der Waals surface area contributed by atoms with Gasteiger partial charge >= 0.3 is 0 Å². The standard InChI is InChI=1S/C24H23FN4O2/c1-17-5-7-18(8-6-17)24(31)29-13-11-28(12-14-29)22-10-9-21(16-26-22)27-23(30)19-3-2-4-20(25)15-19/h2-10,15-16H,11-14H2,1H3,(H,27,30). The molecule has 6 nitrogen and oxygen atoms in total. The van der Waals surface area contributed by atoms with Crippen molar-refractivity contribution in [3.05, 3.63) is 89.4 Å². The molecule has 0 radical (unpaired) electrons. The lowest BCUT2D eigenvalue weighted by atomic mass is 10.1. The molecule has 2 heterocycles. The molecule has 1 fully saturated rings. The van der Waals surface area contributed by atoms with Crippen LogP contribution in [0.1, 0.15) is 26.3 Å². The Morgan fingerprint density at radius 1 is 0.935 bits per heavy atom. The molecule has 0 saturated carbocycles. The van der Waals surface area contributed by atoms with Crippen molar-refractivity contribution in [2.75, 3.05) is 36.4 Å². The molecule has 4 rings (SSSR count). The number of hydrogen-bond acceptors (Lipinski definition) is 4. The number of carbonyl (C=O) groups is 2. The minimum Gasteiger partial charge on any atom is -0.353 e. The zero-order chi connectivity index (χ0) is 21.8. The van der Waals surface area contributed by atoms with Crippen LogP contribution in [0.15, 0.2) is 66.9 Å². The summed E-state index contributed by atoms with van der Waals surface area (Å²) in [4.78, 5) is 33.3. The van der Waals surface area contributed by atoms with E-state index in [1.54, 1.807) is 18.3 Å². The minimum atomic E-state index is -0.457. The van der Waals surface area contributed by atoms with E-state index in [2.05, 4.69) is 15.2 Å². The summed E-state index contributed by atoms with van der Waals surface area (Å²) >= 11 is 0. The summed E-state index contributed by atoms with van der Waals surface area (Å²) in [6, 6.07) is 16.7. The monoisotopic (exact) mass is 418 g/mol. The van der Waals surface area contributed by atoms with Gasteiger partial charge in [-0.15, -0.1) is 0 Å². The SMILES string of the molecule is Cc1ccc(C(=O)N2CCN(c3ccc(NC(=O)c4cccc(F)c4)cn3)CC2)cc1. The number of hydrogen-bond donors (Lipinski definition) is 1. The van der Waals surface area contributed by atoms with E-state index in [9.17, 15) is 14.0 Å². The van der Waals surface area contributed by atoms with E-state index in [1.807, 2.05) is 42.2 Å². The maximum Gasteiger partial charge on any atom is 0.255 e. The first-order chi connectivity index (χ1) is 15.0. The van der Waals surface area contributed by atoms with Crippen molar-refractivity contribution in [3.8, 4) is 0 Å². The molecule has 1 aromatic heterocycles. The molecule has 1 aliphatic rings. The van der Waals surface area contributed by atoms with Crippen LogP contribution in [0.5, 0.6) is 0 Å². The fourth-order valence-corrected chi connectivity index (χ4v) is 3.50. The molecule has 3 aromatic rings. The third-order valence-corrected chi connectivity index (χ3v) is 5.28. The number of aryl methyl sites for hydroxylation is 1. The first kappa shape index (κ1) is 20.5. The summed E-state index contributed by atoms with van der Waals surface area (Å²) in [5.74, 6) is -0.0207. The summed E-state index contributed by atoms with van der Waals surface area (Å²) in [6.45, 7) is 4.59. The highest BCUT2D eigenvalue weighted by molar-refractivity contribution is 6.04. The Labute approximate surface area is 180 Å². The van der Waals surface area contributed by atoms with Crippen LogP contribution < -0.4 is 10.2 Å². The van der Waals surface area contributed by atoms with Gasteiger partial charge in [-0.25, -0.2) is 9.37 Å². The highest BCUT2D eigenvalue weighted by Gasteiger charge is 2.22. The van der Waals surface area contributed by atoms with Crippen LogP contribution in [-0.4, -0.2) is 47.9 Å². The van der Waals surface area contributed by atoms with Gasteiger partial charge in [-0.2, -0.15) is 0 Å². The minimum absolute atomic E-state index is 0.0445. The average Bonchev–Trinajstić information content (AvgIpc) is 2.80. The van der Waals surface area contributed by atoms with Crippen molar-refractivity contribution in [1.29, 1.82) is 0 Å². The number of amides is 2. The normalized spacial score (nSPS) is 13.7. The second-order valence-electron chi connectivity index (χ2n) is 7.51. The predicted octanol–water partition coefficient (Wildman–Crippen LogP) is 3.74. The first-order valence-corrected chi connectivity index (χ1v) is 10.1. The van der Waals surface area contributed by atoms with Gasteiger partial charge in [0.1, 0.15) is 11.6 Å². The van der Waals surface area contributed by atoms with Crippen LogP contribution in [0, 0.1) is 12.7 Å². The van der Waals surface area contributed by atoms with Gasteiger partial charge in [0.25, 0.3) is 11.8 Å². The van der Waals surface area contributed by atoms with E-state index < -0.39 is 11.7 Å². The summed E-state index contributed by atoms with van der Waals surface area (Å²) in [6.07, 6.45) is 1.58. The Hall–Kier alpha value is -3.74. The molecule has 0 atom stereocenters. The van der Waals surface area contributed by atoms with E-state index in [1.165, 1.54) is 18.2 Å². The fraction of sp³-hybridized carbons (Fsp3) is 0.208. The molecule has 2 amide bonds. The van der Waals surface area contributed by atoms with Crippen LogP contribution in [0.25, 0.3) is 0 Å². The summed E-state index contributed by atoms with van der Waals surface area (Å²) in [5.41, 5.74) is 2.61. The molecule has 0 unspecified atom stereocenters. The van der Waals surface area contributed by atoms with Crippen molar-refractivity contribution >= 4 is 23.3 Å². The number of nitrogens with one attached hydrogen (secondary N) is 1. The third-order valence-electron chi connectivity index (χ3n) is 5.28. The highest BCUT2D eigenvalue weighted by Crippen LogP contribution is 2.18. The number of rotatable bonds is 4. The number of anilines is 2. The molecule has 158 valence electrons. The molecule has 0 spiro atoms. The fourth-order valence-electron chi connectivity index (χ4n) is 3.50. The Morgan fingerprint density at radius 2 is 1.68 bits per heavy atom. The van der Waals surface area contributed by atoms with E-state index >= 15 is 0 Å². The Balaban J connectivity index is 1.33. The lowest BCUT2D eigenvalue weighted by Crippen LogP contribution is -2.49. The predicted molar refractivity (Wildman–Crippen MR) is 118 cm³/mol. The van der Waals surface area contributed by atoms with Gasteiger partial charge < -0.3 is 15.1 Å². The summed E-state index contributed by atoms with van der Waals surface area (Å²) in [7, 11) is 0. The zero-order valence-corrected chi connectivity index (χ0v) is 17.2. The molecule has 2 aromatic carbocycles. The third kappa shape index (κ3) is 4.88. The van der Waals surface area contributed by atoms with Crippen molar-refractivity contribution in [2.45, 2.75) is 6.92 Å². The molecule has 1 N–H and O–H groups in total. The number of carbonyl (C=O) groups excluding carboxylic acids is 2. The molecular formula is C24H23FN4O2. The molecular weight excluding hydrogens is 395 g/mol. The van der Waals surface area contributed by atoms with Gasteiger partial charge in [-0.05, 0) is 49.4 Å². The number of nitrogens with zero attached hydrogens (tertiary/aromatic N) is 3. The number of halogens is 1. The van der Waals surface area contributed by atoms with Gasteiger partial charge in [0, 0.05) is 37.3 Å². The second-order valence-corrected chi connectivity index (χ2v) is 7.51. The van der Waals surface area contributed by atoms with Crippen LogP contribution in [-0.2, 0) is 0 Å². The highest BCUT2D eigenvalue weighted by atomic mass is 19.1. The van der Waals surface area contributed by atoms with E-state index in [0.29, 0.717) is 37.4 Å². The molecule has 7 heteroatoms. The van der Waals surface area contributed by atoms with E-state index in [0.717, 1.165) is 11.4 Å². The topological polar surface area (TPSA) is 65.5 Å². The lowest BCUT2D eigenvalue weighted by Gasteiger charge is -2.35.